The summed E-state index contributed by atoms with van der Waals surface area (Å²) in [5.41, 5.74) is 0. The third-order valence-corrected chi connectivity index (χ3v) is 0.350. The Morgan fingerprint density at radius 2 is 0.875 bits per heavy atom. The second kappa shape index (κ2) is 22.0. The van der Waals surface area contributed by atoms with Crippen molar-refractivity contribution in [2.45, 2.75) is 0 Å². The van der Waals surface area contributed by atoms with Crippen molar-refractivity contribution >= 4 is 23.9 Å². The summed E-state index contributed by atoms with van der Waals surface area (Å²) in [6.45, 7) is 0. The van der Waals surface area contributed by atoms with Gasteiger partial charge in [0, 0.05) is 21.7 Å². The van der Waals surface area contributed by atoms with Crippen LogP contribution in [0.4, 0.5) is 0 Å². The molecule has 16 heavy (non-hydrogen) atoms. The fourth-order valence-electron chi connectivity index (χ4n) is 0. The molecule has 0 aliphatic carbocycles. The number of rotatable bonds is 0. The van der Waals surface area contributed by atoms with E-state index in [1.165, 1.54) is 0 Å². The van der Waals surface area contributed by atoms with Crippen molar-refractivity contribution < 1.29 is 170 Å². The molecule has 0 unspecified atom stereocenters. The minimum absolute atomic E-state index is 0. The number of carbonyl (C=O) groups is 4. The molecule has 12 heteroatoms. The Kier molecular flexibility index (Phi) is 49.7. The van der Waals surface area contributed by atoms with E-state index in [4.69, 9.17) is 39.6 Å². The summed E-state index contributed by atoms with van der Waals surface area (Å²) < 4.78 is 0. The number of aliphatic carboxylic acids is 4. The summed E-state index contributed by atoms with van der Waals surface area (Å²) in [4.78, 5) is 36.1. The molecule has 0 radical (unpaired) electrons. The van der Waals surface area contributed by atoms with Crippen LogP contribution in [0.15, 0.2) is 0 Å². The number of hydrogen-bond acceptors (Lipinski definition) is 6. The van der Waals surface area contributed by atoms with Gasteiger partial charge >= 0.3 is 115 Å². The molecule has 0 saturated heterocycles. The minimum Gasteiger partial charge on any atom is -0.543 e. The van der Waals surface area contributed by atoms with E-state index in [-0.39, 0.29) is 130 Å². The van der Waals surface area contributed by atoms with Gasteiger partial charge in [-0.15, -0.1) is 0 Å². The summed E-state index contributed by atoms with van der Waals surface area (Å²) in [5.74, 6) is -8.02. The van der Waals surface area contributed by atoms with Gasteiger partial charge in [0.1, 0.15) is 0 Å². The molecule has 0 amide bonds. The van der Waals surface area contributed by atoms with Crippen LogP contribution in [0, 0.1) is 0 Å². The van der Waals surface area contributed by atoms with Crippen LogP contribution in [-0.4, -0.2) is 39.6 Å². The van der Waals surface area contributed by atoms with Crippen LogP contribution in [0.5, 0.6) is 0 Å². The molecule has 9 nitrogen and oxygen atoms in total. The predicted molar refractivity (Wildman–Crippen MR) is 28.9 cm³/mol. The van der Waals surface area contributed by atoms with Crippen molar-refractivity contribution in [3.8, 4) is 0 Å². The number of carbonyl (C=O) groups excluding carboxylic acids is 2. The largest absolute Gasteiger partial charge is 1.00 e. The SMILES string of the molecule is O.O=C(O)C(=O)O.O=C([O-])C(=O)[O-].[K+].[K+].[Ti]. The van der Waals surface area contributed by atoms with Crippen molar-refractivity contribution in [2.24, 2.45) is 0 Å². The summed E-state index contributed by atoms with van der Waals surface area (Å²) in [5, 5.41) is 32.6. The molecule has 0 aromatic heterocycles. The van der Waals surface area contributed by atoms with Gasteiger partial charge in [0.05, 0.1) is 11.9 Å². The molecule has 0 saturated carbocycles. The summed E-state index contributed by atoms with van der Waals surface area (Å²) in [7, 11) is 0. The van der Waals surface area contributed by atoms with Gasteiger partial charge in [0.15, 0.2) is 0 Å². The maximum absolute atomic E-state index is 9.10. The smallest absolute Gasteiger partial charge is 0.543 e. The van der Waals surface area contributed by atoms with E-state index in [0.29, 0.717) is 0 Å². The first-order valence-electron chi connectivity index (χ1n) is 2.17. The van der Waals surface area contributed by atoms with Crippen molar-refractivity contribution in [2.75, 3.05) is 0 Å². The van der Waals surface area contributed by atoms with E-state index in [2.05, 4.69) is 0 Å². The fourth-order valence-corrected chi connectivity index (χ4v) is 0. The molecule has 0 heterocycles. The Morgan fingerprint density at radius 3 is 0.875 bits per heavy atom. The van der Waals surface area contributed by atoms with E-state index in [1.54, 1.807) is 0 Å². The molecule has 80 valence electrons. The summed E-state index contributed by atoms with van der Waals surface area (Å²) in [6.07, 6.45) is 0. The molecule has 0 aliphatic rings. The van der Waals surface area contributed by atoms with Gasteiger partial charge in [-0.25, -0.2) is 9.59 Å². The zero-order chi connectivity index (χ0) is 10.3. The van der Waals surface area contributed by atoms with Crippen LogP contribution >= 0.6 is 0 Å². The molecule has 0 aliphatic heterocycles. The Labute approximate surface area is 189 Å². The monoisotopic (exact) mass is 322 g/mol. The van der Waals surface area contributed by atoms with E-state index in [1.807, 2.05) is 0 Å². The first-order valence-corrected chi connectivity index (χ1v) is 2.17. The third kappa shape index (κ3) is 36.0. The van der Waals surface area contributed by atoms with Crippen molar-refractivity contribution in [3.63, 3.8) is 0 Å². The Morgan fingerprint density at radius 1 is 0.750 bits per heavy atom. The Bertz CT molecular complexity index is 182. The standard InChI is InChI=1S/2C2H2O4.2K.H2O.Ti/c2*3-1(4)2(5)6;;;;/h2*(H,3,4)(H,5,6);;;1H2;/q;;2*+1;;/p-2. The van der Waals surface area contributed by atoms with Gasteiger partial charge in [0.2, 0.25) is 0 Å². The van der Waals surface area contributed by atoms with Crippen LogP contribution in [0.1, 0.15) is 0 Å². The van der Waals surface area contributed by atoms with Crippen LogP contribution in [0.2, 0.25) is 0 Å². The molecule has 0 fully saturated rings. The van der Waals surface area contributed by atoms with E-state index < -0.39 is 23.9 Å². The normalized spacial score (nSPS) is 5.50. The van der Waals surface area contributed by atoms with Gasteiger partial charge in [-0.1, -0.05) is 0 Å². The molecule has 0 aromatic carbocycles. The average molecular weight is 322 g/mol. The predicted octanol–water partition coefficient (Wildman–Crippen LogP) is -11.2. The zero-order valence-corrected chi connectivity index (χ0v) is 16.2. The van der Waals surface area contributed by atoms with E-state index >= 15 is 0 Å². The number of carboxylic acids is 4. The quantitative estimate of drug-likeness (QED) is 0.325. The number of hydrogen-bond donors (Lipinski definition) is 2. The Hall–Kier alpha value is 1.83. The van der Waals surface area contributed by atoms with Gasteiger partial charge in [0.25, 0.3) is 0 Å². The van der Waals surface area contributed by atoms with Crippen LogP contribution in [0.3, 0.4) is 0 Å². The van der Waals surface area contributed by atoms with Gasteiger partial charge in [-0.2, -0.15) is 0 Å². The van der Waals surface area contributed by atoms with E-state index in [0.717, 1.165) is 0 Å². The third-order valence-electron chi connectivity index (χ3n) is 0.350. The summed E-state index contributed by atoms with van der Waals surface area (Å²) in [6, 6.07) is 0. The van der Waals surface area contributed by atoms with Gasteiger partial charge < -0.3 is 35.5 Å². The molecular weight excluding hydrogens is 318 g/mol. The molecule has 0 rings (SSSR count). The van der Waals surface area contributed by atoms with Gasteiger partial charge in [-0.05, 0) is 0 Å². The second-order valence-corrected chi connectivity index (χ2v) is 1.19. The first kappa shape index (κ1) is 36.1. The Balaban J connectivity index is -0.0000000250. The van der Waals surface area contributed by atoms with Crippen molar-refractivity contribution in [3.05, 3.63) is 0 Å². The zero-order valence-electron chi connectivity index (χ0n) is 8.34. The topological polar surface area (TPSA) is 186 Å². The first-order chi connectivity index (χ1) is 5.29. The van der Waals surface area contributed by atoms with Gasteiger partial charge in [-0.3, -0.25) is 0 Å². The number of carboxylic acid groups (broad SMARTS) is 4. The molecular formula is C4H4K2O9Ti. The molecule has 0 spiro atoms. The molecule has 0 bridgehead atoms. The van der Waals surface area contributed by atoms with Crippen LogP contribution in [-0.2, 0) is 40.9 Å². The van der Waals surface area contributed by atoms with E-state index in [9.17, 15) is 0 Å². The van der Waals surface area contributed by atoms with Crippen LogP contribution < -0.4 is 113 Å². The van der Waals surface area contributed by atoms with Crippen molar-refractivity contribution in [1.82, 2.24) is 0 Å². The molecule has 4 N–H and O–H groups in total. The maximum atomic E-state index is 9.10. The second-order valence-electron chi connectivity index (χ2n) is 1.19. The average Bonchev–Trinajstić information content (AvgIpc) is 1.88. The fraction of sp³-hybridized carbons (Fsp3) is 0. The minimum atomic E-state index is -2.19. The van der Waals surface area contributed by atoms with Crippen LogP contribution in [0.25, 0.3) is 0 Å². The maximum Gasteiger partial charge on any atom is 1.00 e. The molecule has 0 aromatic rings. The summed E-state index contributed by atoms with van der Waals surface area (Å²) >= 11 is 0. The molecule has 0 atom stereocenters. The van der Waals surface area contributed by atoms with Crippen molar-refractivity contribution in [1.29, 1.82) is 0 Å².